The first-order valence-corrected chi connectivity index (χ1v) is 10.0. The van der Waals surface area contributed by atoms with Crippen LogP contribution in [0.15, 0.2) is 36.5 Å². The second kappa shape index (κ2) is 8.37. The monoisotopic (exact) mass is 430 g/mol. The van der Waals surface area contributed by atoms with Crippen molar-refractivity contribution in [2.75, 3.05) is 29.9 Å². The Morgan fingerprint density at radius 2 is 2.03 bits per heavy atom. The minimum Gasteiger partial charge on any atom is -0.435 e. The van der Waals surface area contributed by atoms with Gasteiger partial charge in [0.15, 0.2) is 5.65 Å². The molecule has 0 saturated carbocycles. The van der Waals surface area contributed by atoms with E-state index < -0.39 is 6.61 Å². The number of alkyl halides is 2. The molecule has 2 amide bonds. The number of piperazine rings is 1. The molecule has 1 saturated heterocycles. The Hall–Kier alpha value is -3.43. The number of hydrogen-bond donors (Lipinski definition) is 1. The molecule has 0 bridgehead atoms. The quantitative estimate of drug-likeness (QED) is 0.683. The Bertz CT molecular complexity index is 1100. The molecule has 2 aromatic heterocycles. The van der Waals surface area contributed by atoms with E-state index in [2.05, 4.69) is 32.0 Å². The van der Waals surface area contributed by atoms with Gasteiger partial charge in [-0.2, -0.15) is 18.4 Å². The molecule has 1 aromatic carbocycles. The van der Waals surface area contributed by atoms with Gasteiger partial charge < -0.3 is 19.9 Å². The number of nitrogens with zero attached hydrogens (tertiary/aromatic N) is 5. The summed E-state index contributed by atoms with van der Waals surface area (Å²) in [5.41, 5.74) is 2.89. The molecule has 4 rings (SSSR count). The summed E-state index contributed by atoms with van der Waals surface area (Å²) in [5, 5.41) is 7.40. The number of aromatic nitrogens is 3. The standard InChI is InChI=1S/C21H24F2N6O2/c1-13-10-16(31-20(22)23)4-5-17(13)25-21(30)27-8-9-28(15(3)12-27)19-6-7-24-18-11-14(2)26-29(18)19/h4-7,10-11,15,20H,8-9,12H2,1-3H3,(H,25,30)/t15-/m0/s1. The summed E-state index contributed by atoms with van der Waals surface area (Å²) in [7, 11) is 0. The molecule has 10 heteroatoms. The molecule has 1 fully saturated rings. The molecule has 0 radical (unpaired) electrons. The fraction of sp³-hybridized carbons (Fsp3) is 0.381. The molecule has 164 valence electrons. The zero-order chi connectivity index (χ0) is 22.1. The number of nitrogens with one attached hydrogen (secondary N) is 1. The van der Waals surface area contributed by atoms with Gasteiger partial charge >= 0.3 is 12.6 Å². The Kier molecular flexibility index (Phi) is 5.62. The zero-order valence-corrected chi connectivity index (χ0v) is 17.5. The first kappa shape index (κ1) is 20.8. The number of halogens is 2. The minimum absolute atomic E-state index is 0.0604. The number of amides is 2. The van der Waals surface area contributed by atoms with Crippen LogP contribution in [-0.4, -0.2) is 57.8 Å². The summed E-state index contributed by atoms with van der Waals surface area (Å²) in [6.45, 7) is 4.54. The molecule has 31 heavy (non-hydrogen) atoms. The fourth-order valence-electron chi connectivity index (χ4n) is 3.84. The van der Waals surface area contributed by atoms with Crippen molar-refractivity contribution in [1.82, 2.24) is 19.5 Å². The normalized spacial score (nSPS) is 16.8. The summed E-state index contributed by atoms with van der Waals surface area (Å²) in [5.74, 6) is 1.00. The van der Waals surface area contributed by atoms with E-state index in [9.17, 15) is 13.6 Å². The van der Waals surface area contributed by atoms with Gasteiger partial charge in [0.2, 0.25) is 0 Å². The minimum atomic E-state index is -2.88. The van der Waals surface area contributed by atoms with E-state index in [0.29, 0.717) is 30.9 Å². The van der Waals surface area contributed by atoms with Gasteiger partial charge in [0.05, 0.1) is 5.69 Å². The van der Waals surface area contributed by atoms with Crippen LogP contribution in [0.25, 0.3) is 5.65 Å². The topological polar surface area (TPSA) is 75.0 Å². The van der Waals surface area contributed by atoms with E-state index in [-0.39, 0.29) is 17.8 Å². The van der Waals surface area contributed by atoms with Crippen LogP contribution in [0.3, 0.4) is 0 Å². The third-order valence-corrected chi connectivity index (χ3v) is 5.33. The van der Waals surface area contributed by atoms with Crippen molar-refractivity contribution in [3.05, 3.63) is 47.8 Å². The molecule has 1 atom stereocenters. The van der Waals surface area contributed by atoms with Gasteiger partial charge in [-0.25, -0.2) is 9.78 Å². The average molecular weight is 430 g/mol. The number of rotatable bonds is 4. The van der Waals surface area contributed by atoms with E-state index in [1.54, 1.807) is 24.1 Å². The summed E-state index contributed by atoms with van der Waals surface area (Å²) in [4.78, 5) is 21.1. The number of hydrogen-bond acceptors (Lipinski definition) is 5. The predicted octanol–water partition coefficient (Wildman–Crippen LogP) is 3.69. The van der Waals surface area contributed by atoms with Crippen molar-refractivity contribution in [3.63, 3.8) is 0 Å². The Labute approximate surface area is 178 Å². The number of anilines is 2. The third-order valence-electron chi connectivity index (χ3n) is 5.33. The number of carbonyl (C=O) groups excluding carboxylic acids is 1. The third kappa shape index (κ3) is 4.37. The van der Waals surface area contributed by atoms with Crippen LogP contribution in [0.4, 0.5) is 25.1 Å². The van der Waals surface area contributed by atoms with E-state index in [1.165, 1.54) is 12.1 Å². The molecule has 1 aliphatic rings. The first-order chi connectivity index (χ1) is 14.8. The second-order valence-corrected chi connectivity index (χ2v) is 7.63. The lowest BCUT2D eigenvalue weighted by Gasteiger charge is -2.40. The predicted molar refractivity (Wildman–Crippen MR) is 113 cm³/mol. The van der Waals surface area contributed by atoms with Crippen LogP contribution in [0.2, 0.25) is 0 Å². The number of fused-ring (bicyclic) bond motifs is 1. The molecule has 0 unspecified atom stereocenters. The van der Waals surface area contributed by atoms with Crippen molar-refractivity contribution in [2.45, 2.75) is 33.4 Å². The van der Waals surface area contributed by atoms with Gasteiger partial charge in [-0.15, -0.1) is 0 Å². The van der Waals surface area contributed by atoms with Gasteiger partial charge in [-0.3, -0.25) is 0 Å². The lowest BCUT2D eigenvalue weighted by atomic mass is 10.2. The van der Waals surface area contributed by atoms with Crippen molar-refractivity contribution >= 4 is 23.2 Å². The lowest BCUT2D eigenvalue weighted by Crippen LogP contribution is -2.55. The molecule has 3 heterocycles. The van der Waals surface area contributed by atoms with Gasteiger partial charge in [-0.05, 0) is 50.6 Å². The summed E-state index contributed by atoms with van der Waals surface area (Å²) in [6.07, 6.45) is 1.77. The maximum atomic E-state index is 12.8. The number of urea groups is 1. The summed E-state index contributed by atoms with van der Waals surface area (Å²) >= 11 is 0. The van der Waals surface area contributed by atoms with E-state index in [0.717, 1.165) is 17.2 Å². The van der Waals surface area contributed by atoms with Crippen molar-refractivity contribution < 1.29 is 18.3 Å². The van der Waals surface area contributed by atoms with Crippen LogP contribution >= 0.6 is 0 Å². The molecular weight excluding hydrogens is 406 g/mol. The first-order valence-electron chi connectivity index (χ1n) is 10.0. The second-order valence-electron chi connectivity index (χ2n) is 7.63. The van der Waals surface area contributed by atoms with Gasteiger partial charge in [0, 0.05) is 43.6 Å². The Morgan fingerprint density at radius 1 is 1.23 bits per heavy atom. The fourth-order valence-corrected chi connectivity index (χ4v) is 3.84. The molecule has 0 spiro atoms. The molecule has 0 aliphatic carbocycles. The van der Waals surface area contributed by atoms with Gasteiger partial charge in [-0.1, -0.05) is 0 Å². The van der Waals surface area contributed by atoms with E-state index >= 15 is 0 Å². The Morgan fingerprint density at radius 3 is 2.74 bits per heavy atom. The zero-order valence-electron chi connectivity index (χ0n) is 17.5. The van der Waals surface area contributed by atoms with E-state index in [4.69, 9.17) is 0 Å². The van der Waals surface area contributed by atoms with Crippen LogP contribution in [0, 0.1) is 13.8 Å². The van der Waals surface area contributed by atoms with Crippen LogP contribution < -0.4 is 15.0 Å². The molecule has 8 nitrogen and oxygen atoms in total. The van der Waals surface area contributed by atoms with Gasteiger partial charge in [0.1, 0.15) is 11.6 Å². The van der Waals surface area contributed by atoms with Crippen LogP contribution in [-0.2, 0) is 0 Å². The molecule has 3 aromatic rings. The molecule has 1 aliphatic heterocycles. The average Bonchev–Trinajstić information content (AvgIpc) is 3.10. The molecular formula is C21H24F2N6O2. The summed E-state index contributed by atoms with van der Waals surface area (Å²) < 4.78 is 31.0. The molecule has 1 N–H and O–H groups in total. The van der Waals surface area contributed by atoms with Gasteiger partial charge in [0.25, 0.3) is 0 Å². The van der Waals surface area contributed by atoms with Crippen molar-refractivity contribution in [2.24, 2.45) is 0 Å². The van der Waals surface area contributed by atoms with Crippen molar-refractivity contribution in [1.29, 1.82) is 0 Å². The highest BCUT2D eigenvalue weighted by molar-refractivity contribution is 5.90. The van der Waals surface area contributed by atoms with Crippen LogP contribution in [0.1, 0.15) is 18.2 Å². The Balaban J connectivity index is 1.43. The number of benzene rings is 1. The largest absolute Gasteiger partial charge is 0.435 e. The maximum Gasteiger partial charge on any atom is 0.387 e. The smallest absolute Gasteiger partial charge is 0.387 e. The number of aryl methyl sites for hydroxylation is 2. The SMILES string of the molecule is Cc1cc2nccc(N3CCN(C(=O)Nc4ccc(OC(F)F)cc4C)C[C@@H]3C)n2n1. The highest BCUT2D eigenvalue weighted by Gasteiger charge is 2.28. The summed E-state index contributed by atoms with van der Waals surface area (Å²) in [6, 6.07) is 8.15. The van der Waals surface area contributed by atoms with Crippen LogP contribution in [0.5, 0.6) is 5.75 Å². The lowest BCUT2D eigenvalue weighted by molar-refractivity contribution is -0.0498. The maximum absolute atomic E-state index is 12.8. The number of carbonyl (C=O) groups is 1. The van der Waals surface area contributed by atoms with E-state index in [1.807, 2.05) is 23.6 Å². The number of ether oxygens (including phenoxy) is 1. The van der Waals surface area contributed by atoms with Crippen molar-refractivity contribution in [3.8, 4) is 5.75 Å². The highest BCUT2D eigenvalue weighted by atomic mass is 19.3. The highest BCUT2D eigenvalue weighted by Crippen LogP contribution is 2.25.